The number of carbonyl (C=O) groups is 1. The Hall–Kier alpha value is -0.610. The first kappa shape index (κ1) is 12.5. The molecule has 2 N–H and O–H groups in total. The van der Waals surface area contributed by atoms with E-state index in [1.54, 1.807) is 4.90 Å². The molecule has 4 heteroatoms. The van der Waals surface area contributed by atoms with Crippen LogP contribution in [0.2, 0.25) is 0 Å². The summed E-state index contributed by atoms with van der Waals surface area (Å²) < 4.78 is 0. The largest absolute Gasteiger partial charge is 0.345 e. The van der Waals surface area contributed by atoms with Gasteiger partial charge in [-0.05, 0) is 32.7 Å². The predicted molar refractivity (Wildman–Crippen MR) is 61.5 cm³/mol. The van der Waals surface area contributed by atoms with Crippen LogP contribution in [-0.4, -0.2) is 55.0 Å². The number of likely N-dealkylation sites (tertiary alicyclic amines) is 1. The zero-order valence-corrected chi connectivity index (χ0v) is 10.1. The standard InChI is InChI=1S/C11H23N3O/c1-4-13(3)11(15)8-14-7-10(6-12)5-9(14)2/h9-10H,4-8,12H2,1-3H3. The van der Waals surface area contributed by atoms with Crippen molar-refractivity contribution in [2.75, 3.05) is 33.2 Å². The van der Waals surface area contributed by atoms with E-state index in [9.17, 15) is 4.79 Å². The predicted octanol–water partition coefficient (Wildman–Crippen LogP) is 0.134. The van der Waals surface area contributed by atoms with Crippen molar-refractivity contribution >= 4 is 5.91 Å². The fourth-order valence-corrected chi connectivity index (χ4v) is 2.08. The summed E-state index contributed by atoms with van der Waals surface area (Å²) in [6, 6.07) is 0.493. The third-order valence-corrected chi connectivity index (χ3v) is 3.36. The number of hydrogen-bond acceptors (Lipinski definition) is 3. The fourth-order valence-electron chi connectivity index (χ4n) is 2.08. The SMILES string of the molecule is CCN(C)C(=O)CN1CC(CN)CC1C. The summed E-state index contributed by atoms with van der Waals surface area (Å²) in [6.07, 6.45) is 1.12. The van der Waals surface area contributed by atoms with E-state index in [1.165, 1.54) is 0 Å². The molecule has 1 aliphatic rings. The zero-order valence-electron chi connectivity index (χ0n) is 10.1. The molecule has 0 saturated carbocycles. The minimum atomic E-state index is 0.210. The van der Waals surface area contributed by atoms with Crippen LogP contribution < -0.4 is 5.73 Å². The van der Waals surface area contributed by atoms with Gasteiger partial charge in [0.25, 0.3) is 0 Å². The first-order valence-electron chi connectivity index (χ1n) is 5.76. The lowest BCUT2D eigenvalue weighted by molar-refractivity contribution is -0.131. The minimum absolute atomic E-state index is 0.210. The van der Waals surface area contributed by atoms with Crippen molar-refractivity contribution in [1.29, 1.82) is 0 Å². The molecule has 0 aromatic heterocycles. The lowest BCUT2D eigenvalue weighted by Gasteiger charge is -2.23. The van der Waals surface area contributed by atoms with Crippen LogP contribution in [0.15, 0.2) is 0 Å². The summed E-state index contributed by atoms with van der Waals surface area (Å²) in [4.78, 5) is 15.7. The summed E-state index contributed by atoms with van der Waals surface area (Å²) >= 11 is 0. The highest BCUT2D eigenvalue weighted by molar-refractivity contribution is 5.78. The van der Waals surface area contributed by atoms with Crippen LogP contribution in [0.5, 0.6) is 0 Å². The number of nitrogens with two attached hydrogens (primary N) is 1. The summed E-state index contributed by atoms with van der Waals surface area (Å²) in [7, 11) is 1.85. The van der Waals surface area contributed by atoms with Gasteiger partial charge < -0.3 is 10.6 Å². The van der Waals surface area contributed by atoms with Gasteiger partial charge in [-0.1, -0.05) is 0 Å². The Bertz CT molecular complexity index is 220. The molecule has 0 aromatic carbocycles. The van der Waals surface area contributed by atoms with Crippen LogP contribution in [0.1, 0.15) is 20.3 Å². The molecule has 0 radical (unpaired) electrons. The van der Waals surface area contributed by atoms with Crippen molar-refractivity contribution in [2.45, 2.75) is 26.3 Å². The first-order valence-corrected chi connectivity index (χ1v) is 5.76. The van der Waals surface area contributed by atoms with Crippen molar-refractivity contribution in [3.63, 3.8) is 0 Å². The molecule has 1 saturated heterocycles. The van der Waals surface area contributed by atoms with Crippen molar-refractivity contribution in [3.8, 4) is 0 Å². The molecule has 0 aliphatic carbocycles. The first-order chi connectivity index (χ1) is 7.08. The van der Waals surface area contributed by atoms with E-state index in [0.717, 1.165) is 26.1 Å². The van der Waals surface area contributed by atoms with E-state index in [4.69, 9.17) is 5.73 Å². The molecule has 1 heterocycles. The zero-order chi connectivity index (χ0) is 11.4. The molecular formula is C11H23N3O. The second-order valence-electron chi connectivity index (χ2n) is 4.52. The van der Waals surface area contributed by atoms with Crippen LogP contribution in [-0.2, 0) is 4.79 Å². The Labute approximate surface area is 92.4 Å². The molecule has 0 spiro atoms. The molecule has 2 unspecified atom stereocenters. The van der Waals surface area contributed by atoms with Crippen molar-refractivity contribution < 1.29 is 4.79 Å². The van der Waals surface area contributed by atoms with Crippen LogP contribution in [0.4, 0.5) is 0 Å². The van der Waals surface area contributed by atoms with Crippen LogP contribution in [0, 0.1) is 5.92 Å². The Balaban J connectivity index is 2.42. The Morgan fingerprint density at radius 3 is 2.73 bits per heavy atom. The molecule has 1 rings (SSSR count). The van der Waals surface area contributed by atoms with Crippen LogP contribution in [0.25, 0.3) is 0 Å². The summed E-state index contributed by atoms with van der Waals surface area (Å²) in [5, 5.41) is 0. The smallest absolute Gasteiger partial charge is 0.236 e. The van der Waals surface area contributed by atoms with Crippen molar-refractivity contribution in [2.24, 2.45) is 11.7 Å². The molecule has 1 aliphatic heterocycles. The van der Waals surface area contributed by atoms with E-state index in [0.29, 0.717) is 18.5 Å². The number of carbonyl (C=O) groups excluding carboxylic acids is 1. The lowest BCUT2D eigenvalue weighted by atomic mass is 10.1. The van der Waals surface area contributed by atoms with Gasteiger partial charge in [-0.2, -0.15) is 0 Å². The molecule has 1 amide bonds. The van der Waals surface area contributed by atoms with Crippen molar-refractivity contribution in [3.05, 3.63) is 0 Å². The van der Waals surface area contributed by atoms with Crippen molar-refractivity contribution in [1.82, 2.24) is 9.80 Å². The third kappa shape index (κ3) is 3.18. The molecule has 88 valence electrons. The molecule has 4 nitrogen and oxygen atoms in total. The average Bonchev–Trinajstić information content (AvgIpc) is 2.58. The maximum atomic E-state index is 11.7. The highest BCUT2D eigenvalue weighted by Gasteiger charge is 2.29. The third-order valence-electron chi connectivity index (χ3n) is 3.36. The van der Waals surface area contributed by atoms with Gasteiger partial charge in [-0.3, -0.25) is 9.69 Å². The highest BCUT2D eigenvalue weighted by Crippen LogP contribution is 2.21. The lowest BCUT2D eigenvalue weighted by Crippen LogP contribution is -2.40. The fraction of sp³-hybridized carbons (Fsp3) is 0.909. The van der Waals surface area contributed by atoms with E-state index < -0.39 is 0 Å². The van der Waals surface area contributed by atoms with Gasteiger partial charge in [-0.15, -0.1) is 0 Å². The van der Waals surface area contributed by atoms with E-state index in [2.05, 4.69) is 11.8 Å². The number of rotatable bonds is 4. The second kappa shape index (κ2) is 5.47. The Morgan fingerprint density at radius 1 is 1.60 bits per heavy atom. The van der Waals surface area contributed by atoms with Crippen LogP contribution in [0.3, 0.4) is 0 Å². The number of amides is 1. The van der Waals surface area contributed by atoms with Gasteiger partial charge in [-0.25, -0.2) is 0 Å². The van der Waals surface area contributed by atoms with Gasteiger partial charge in [0.1, 0.15) is 0 Å². The Morgan fingerprint density at radius 2 is 2.27 bits per heavy atom. The molecule has 1 fully saturated rings. The monoisotopic (exact) mass is 213 g/mol. The van der Waals surface area contributed by atoms with Gasteiger partial charge in [0.15, 0.2) is 0 Å². The normalized spacial score (nSPS) is 26.9. The second-order valence-corrected chi connectivity index (χ2v) is 4.52. The van der Waals surface area contributed by atoms with E-state index >= 15 is 0 Å². The quantitative estimate of drug-likeness (QED) is 0.722. The Kier molecular flexibility index (Phi) is 4.54. The molecule has 0 aromatic rings. The number of nitrogens with zero attached hydrogens (tertiary/aromatic N) is 2. The molecule has 2 atom stereocenters. The van der Waals surface area contributed by atoms with E-state index in [1.807, 2.05) is 14.0 Å². The van der Waals surface area contributed by atoms with Gasteiger partial charge >= 0.3 is 0 Å². The summed E-state index contributed by atoms with van der Waals surface area (Å²) in [5.74, 6) is 0.779. The molecule has 15 heavy (non-hydrogen) atoms. The molecular weight excluding hydrogens is 190 g/mol. The van der Waals surface area contributed by atoms with Gasteiger partial charge in [0, 0.05) is 26.2 Å². The molecule has 0 bridgehead atoms. The summed E-state index contributed by atoms with van der Waals surface area (Å²) in [6.45, 7) is 7.20. The number of likely N-dealkylation sites (N-methyl/N-ethyl adjacent to an activating group) is 1. The van der Waals surface area contributed by atoms with E-state index in [-0.39, 0.29) is 5.91 Å². The average molecular weight is 213 g/mol. The maximum Gasteiger partial charge on any atom is 0.236 e. The van der Waals surface area contributed by atoms with Gasteiger partial charge in [0.2, 0.25) is 5.91 Å². The highest BCUT2D eigenvalue weighted by atomic mass is 16.2. The topological polar surface area (TPSA) is 49.6 Å². The summed E-state index contributed by atoms with van der Waals surface area (Å²) in [5.41, 5.74) is 5.65. The van der Waals surface area contributed by atoms with Gasteiger partial charge in [0.05, 0.1) is 6.54 Å². The van der Waals surface area contributed by atoms with Crippen LogP contribution >= 0.6 is 0 Å². The minimum Gasteiger partial charge on any atom is -0.345 e. The number of hydrogen-bond donors (Lipinski definition) is 1. The maximum absolute atomic E-state index is 11.7.